The Kier molecular flexibility index (Phi) is 2.89. The van der Waals surface area contributed by atoms with E-state index in [0.717, 1.165) is 19.1 Å². The van der Waals surface area contributed by atoms with Crippen LogP contribution in [0.3, 0.4) is 0 Å². The van der Waals surface area contributed by atoms with Crippen molar-refractivity contribution in [1.29, 1.82) is 0 Å². The molecule has 0 atom stereocenters. The van der Waals surface area contributed by atoms with Gasteiger partial charge in [-0.15, -0.1) is 0 Å². The van der Waals surface area contributed by atoms with Gasteiger partial charge in [0, 0.05) is 17.3 Å². The Hall–Kier alpha value is -1.12. The molecule has 1 aliphatic rings. The normalized spacial score (nSPS) is 16.2. The standard InChI is InChI=1S/C12H18N2O/c1-9(2)14-12-7-5-3-4-6-10(12)11(8-15)13-14/h8-9H,3-7H2,1-2H3. The molecule has 0 fully saturated rings. The van der Waals surface area contributed by atoms with Crippen LogP contribution in [-0.4, -0.2) is 16.1 Å². The molecule has 0 radical (unpaired) electrons. The highest BCUT2D eigenvalue weighted by atomic mass is 16.1. The van der Waals surface area contributed by atoms with Gasteiger partial charge in [-0.1, -0.05) is 6.42 Å². The molecule has 2 rings (SSSR count). The molecular weight excluding hydrogens is 188 g/mol. The van der Waals surface area contributed by atoms with Crippen molar-refractivity contribution in [3.05, 3.63) is 17.0 Å². The van der Waals surface area contributed by atoms with Crippen molar-refractivity contribution in [3.8, 4) is 0 Å². The Balaban J connectivity index is 2.49. The van der Waals surface area contributed by atoms with E-state index in [-0.39, 0.29) is 0 Å². The van der Waals surface area contributed by atoms with Crippen LogP contribution in [0.1, 0.15) is 60.9 Å². The second kappa shape index (κ2) is 4.17. The second-order valence-electron chi connectivity index (χ2n) is 4.53. The molecule has 15 heavy (non-hydrogen) atoms. The van der Waals surface area contributed by atoms with Crippen LogP contribution in [0.25, 0.3) is 0 Å². The lowest BCUT2D eigenvalue weighted by Crippen LogP contribution is -2.08. The lowest BCUT2D eigenvalue weighted by atomic mass is 10.1. The Morgan fingerprint density at radius 3 is 2.67 bits per heavy atom. The smallest absolute Gasteiger partial charge is 0.170 e. The number of aldehydes is 1. The van der Waals surface area contributed by atoms with Crippen molar-refractivity contribution in [3.63, 3.8) is 0 Å². The Labute approximate surface area is 90.5 Å². The number of aromatic nitrogens is 2. The van der Waals surface area contributed by atoms with E-state index in [2.05, 4.69) is 18.9 Å². The first-order valence-corrected chi connectivity index (χ1v) is 5.79. The van der Waals surface area contributed by atoms with E-state index in [0.29, 0.717) is 11.7 Å². The van der Waals surface area contributed by atoms with Crippen LogP contribution in [0.15, 0.2) is 0 Å². The molecule has 3 nitrogen and oxygen atoms in total. The maximum absolute atomic E-state index is 11.0. The first-order chi connectivity index (χ1) is 7.24. The summed E-state index contributed by atoms with van der Waals surface area (Å²) in [5, 5.41) is 4.40. The summed E-state index contributed by atoms with van der Waals surface area (Å²) in [5.41, 5.74) is 3.17. The number of nitrogens with zero attached hydrogens (tertiary/aromatic N) is 2. The van der Waals surface area contributed by atoms with Crippen LogP contribution >= 0.6 is 0 Å². The van der Waals surface area contributed by atoms with Crippen LogP contribution in [0.2, 0.25) is 0 Å². The first kappa shape index (κ1) is 10.4. The molecule has 1 heterocycles. The highest BCUT2D eigenvalue weighted by Gasteiger charge is 2.20. The average molecular weight is 206 g/mol. The molecule has 0 unspecified atom stereocenters. The SMILES string of the molecule is CC(C)n1nc(C=O)c2c1CCCCC2. The molecule has 1 aliphatic carbocycles. The predicted octanol–water partition coefficient (Wildman–Crippen LogP) is 2.55. The van der Waals surface area contributed by atoms with Gasteiger partial charge in [0.15, 0.2) is 6.29 Å². The first-order valence-electron chi connectivity index (χ1n) is 5.79. The lowest BCUT2D eigenvalue weighted by Gasteiger charge is -2.10. The number of hydrogen-bond acceptors (Lipinski definition) is 2. The van der Waals surface area contributed by atoms with Gasteiger partial charge in [-0.3, -0.25) is 9.48 Å². The lowest BCUT2D eigenvalue weighted by molar-refractivity contribution is 0.111. The molecule has 0 aromatic carbocycles. The number of fused-ring (bicyclic) bond motifs is 1. The summed E-state index contributed by atoms with van der Waals surface area (Å²) in [6.07, 6.45) is 6.69. The van der Waals surface area contributed by atoms with Crippen LogP contribution in [0.5, 0.6) is 0 Å². The second-order valence-corrected chi connectivity index (χ2v) is 4.53. The van der Waals surface area contributed by atoms with E-state index < -0.39 is 0 Å². The minimum atomic E-state index is 0.352. The molecular formula is C12H18N2O. The number of carbonyl (C=O) groups is 1. The van der Waals surface area contributed by atoms with Crippen molar-refractivity contribution in [1.82, 2.24) is 9.78 Å². The van der Waals surface area contributed by atoms with Crippen molar-refractivity contribution in [2.24, 2.45) is 0 Å². The Morgan fingerprint density at radius 1 is 1.27 bits per heavy atom. The summed E-state index contributed by atoms with van der Waals surface area (Å²) in [4.78, 5) is 11.0. The number of carbonyl (C=O) groups excluding carboxylic acids is 1. The molecule has 0 bridgehead atoms. The van der Waals surface area contributed by atoms with Crippen molar-refractivity contribution in [2.45, 2.75) is 52.0 Å². The maximum atomic E-state index is 11.0. The molecule has 0 aliphatic heterocycles. The van der Waals surface area contributed by atoms with Gasteiger partial charge < -0.3 is 0 Å². The van der Waals surface area contributed by atoms with Gasteiger partial charge in [-0.2, -0.15) is 5.10 Å². The summed E-state index contributed by atoms with van der Waals surface area (Å²) in [5.74, 6) is 0. The van der Waals surface area contributed by atoms with Gasteiger partial charge in [0.2, 0.25) is 0 Å². The van der Waals surface area contributed by atoms with Crippen LogP contribution in [0.4, 0.5) is 0 Å². The summed E-state index contributed by atoms with van der Waals surface area (Å²) in [6.45, 7) is 4.24. The van der Waals surface area contributed by atoms with Gasteiger partial charge >= 0.3 is 0 Å². The molecule has 0 spiro atoms. The van der Waals surface area contributed by atoms with Gasteiger partial charge in [0.05, 0.1) is 0 Å². The minimum Gasteiger partial charge on any atom is -0.296 e. The number of hydrogen-bond donors (Lipinski definition) is 0. The van der Waals surface area contributed by atoms with Crippen molar-refractivity contribution >= 4 is 6.29 Å². The van der Waals surface area contributed by atoms with Gasteiger partial charge in [-0.25, -0.2) is 0 Å². The largest absolute Gasteiger partial charge is 0.296 e. The van der Waals surface area contributed by atoms with E-state index >= 15 is 0 Å². The molecule has 0 saturated heterocycles. The summed E-state index contributed by atoms with van der Waals surface area (Å²) in [7, 11) is 0. The van der Waals surface area contributed by atoms with Gasteiger partial charge in [0.25, 0.3) is 0 Å². The molecule has 1 aromatic rings. The van der Waals surface area contributed by atoms with E-state index in [1.807, 2.05) is 4.68 Å². The third-order valence-electron chi connectivity index (χ3n) is 3.09. The minimum absolute atomic E-state index is 0.352. The summed E-state index contributed by atoms with van der Waals surface area (Å²) < 4.78 is 2.03. The number of rotatable bonds is 2. The molecule has 0 saturated carbocycles. The van der Waals surface area contributed by atoms with E-state index in [1.165, 1.54) is 30.5 Å². The highest BCUT2D eigenvalue weighted by molar-refractivity contribution is 5.74. The van der Waals surface area contributed by atoms with Crippen LogP contribution < -0.4 is 0 Å². The fraction of sp³-hybridized carbons (Fsp3) is 0.667. The maximum Gasteiger partial charge on any atom is 0.170 e. The predicted molar refractivity (Wildman–Crippen MR) is 59.3 cm³/mol. The fourth-order valence-corrected chi connectivity index (χ4v) is 2.35. The molecule has 3 heteroatoms. The quantitative estimate of drug-likeness (QED) is 0.550. The molecule has 0 amide bonds. The zero-order valence-corrected chi connectivity index (χ0v) is 9.49. The Bertz CT molecular complexity index is 366. The van der Waals surface area contributed by atoms with Crippen LogP contribution in [0, 0.1) is 0 Å². The molecule has 82 valence electrons. The van der Waals surface area contributed by atoms with Crippen molar-refractivity contribution in [2.75, 3.05) is 0 Å². The van der Waals surface area contributed by atoms with Gasteiger partial charge in [0.1, 0.15) is 5.69 Å². The Morgan fingerprint density at radius 2 is 2.00 bits per heavy atom. The van der Waals surface area contributed by atoms with E-state index in [4.69, 9.17) is 0 Å². The highest BCUT2D eigenvalue weighted by Crippen LogP contribution is 2.25. The summed E-state index contributed by atoms with van der Waals surface area (Å²) in [6, 6.07) is 0.352. The zero-order chi connectivity index (χ0) is 10.8. The monoisotopic (exact) mass is 206 g/mol. The fourth-order valence-electron chi connectivity index (χ4n) is 2.35. The zero-order valence-electron chi connectivity index (χ0n) is 9.49. The van der Waals surface area contributed by atoms with Crippen molar-refractivity contribution < 1.29 is 4.79 Å². The average Bonchev–Trinajstić information content (AvgIpc) is 2.41. The van der Waals surface area contributed by atoms with Gasteiger partial charge in [-0.05, 0) is 39.5 Å². The summed E-state index contributed by atoms with van der Waals surface area (Å²) >= 11 is 0. The third-order valence-corrected chi connectivity index (χ3v) is 3.09. The molecule has 1 aromatic heterocycles. The topological polar surface area (TPSA) is 34.9 Å². The third kappa shape index (κ3) is 1.83. The van der Waals surface area contributed by atoms with E-state index in [9.17, 15) is 4.79 Å². The molecule has 0 N–H and O–H groups in total. The van der Waals surface area contributed by atoms with E-state index in [1.54, 1.807) is 0 Å². The van der Waals surface area contributed by atoms with Crippen LogP contribution in [-0.2, 0) is 12.8 Å².